The molecule has 1 aliphatic heterocycles. The highest BCUT2D eigenvalue weighted by Gasteiger charge is 2.23. The minimum Gasteiger partial charge on any atom is -0.482 e. The van der Waals surface area contributed by atoms with E-state index >= 15 is 0 Å². The third kappa shape index (κ3) is 3.08. The van der Waals surface area contributed by atoms with Gasteiger partial charge in [0.1, 0.15) is 5.75 Å². The van der Waals surface area contributed by atoms with E-state index in [0.29, 0.717) is 30.2 Å². The summed E-state index contributed by atoms with van der Waals surface area (Å²) in [7, 11) is 3.29. The van der Waals surface area contributed by atoms with Gasteiger partial charge in [-0.05, 0) is 24.6 Å². The zero-order valence-corrected chi connectivity index (χ0v) is 11.6. The van der Waals surface area contributed by atoms with Crippen LogP contribution in [0, 0.1) is 0 Å². The molecule has 108 valence electrons. The Morgan fingerprint density at radius 2 is 2.30 bits per heavy atom. The Hall–Kier alpha value is -2.08. The second kappa shape index (κ2) is 6.38. The van der Waals surface area contributed by atoms with E-state index in [1.807, 2.05) is 0 Å². The van der Waals surface area contributed by atoms with Crippen molar-refractivity contribution >= 4 is 17.5 Å². The van der Waals surface area contributed by atoms with Gasteiger partial charge < -0.3 is 19.7 Å². The Morgan fingerprint density at radius 1 is 1.50 bits per heavy atom. The van der Waals surface area contributed by atoms with E-state index in [1.165, 1.54) is 4.90 Å². The van der Waals surface area contributed by atoms with Crippen molar-refractivity contribution in [3.8, 4) is 5.75 Å². The number of amides is 2. The quantitative estimate of drug-likeness (QED) is 0.809. The highest BCUT2D eigenvalue weighted by Crippen LogP contribution is 2.31. The van der Waals surface area contributed by atoms with Crippen LogP contribution in [0.15, 0.2) is 18.2 Å². The summed E-state index contributed by atoms with van der Waals surface area (Å²) in [6, 6.07) is 5.06. The maximum absolute atomic E-state index is 12.0. The maximum Gasteiger partial charge on any atom is 0.264 e. The summed E-state index contributed by atoms with van der Waals surface area (Å²) in [5.74, 6) is 0.313. The molecule has 6 heteroatoms. The van der Waals surface area contributed by atoms with E-state index in [0.717, 1.165) is 6.42 Å². The Morgan fingerprint density at radius 3 is 3.05 bits per heavy atom. The van der Waals surface area contributed by atoms with Gasteiger partial charge in [0.25, 0.3) is 11.8 Å². The molecule has 20 heavy (non-hydrogen) atoms. The monoisotopic (exact) mass is 278 g/mol. The van der Waals surface area contributed by atoms with Crippen LogP contribution in [0.4, 0.5) is 5.69 Å². The van der Waals surface area contributed by atoms with Crippen LogP contribution < -0.4 is 15.0 Å². The molecule has 0 saturated heterocycles. The smallest absolute Gasteiger partial charge is 0.264 e. The molecule has 1 N–H and O–H groups in total. The van der Waals surface area contributed by atoms with Crippen molar-refractivity contribution in [3.63, 3.8) is 0 Å². The van der Waals surface area contributed by atoms with Gasteiger partial charge >= 0.3 is 0 Å². The number of hydrogen-bond donors (Lipinski definition) is 1. The zero-order chi connectivity index (χ0) is 14.5. The standard InChI is InChI=1S/C14H18N2O4/c1-16-11-8-10(14(18)15-6-3-7-19-2)4-5-12(11)20-9-13(16)17/h4-5,8H,3,6-7,9H2,1-2H3,(H,15,18). The molecule has 2 rings (SSSR count). The maximum atomic E-state index is 12.0. The number of fused-ring (bicyclic) bond motifs is 1. The number of anilines is 1. The van der Waals surface area contributed by atoms with Crippen molar-refractivity contribution in [3.05, 3.63) is 23.8 Å². The number of carbonyl (C=O) groups is 2. The van der Waals surface area contributed by atoms with Crippen LogP contribution in [0.25, 0.3) is 0 Å². The number of rotatable bonds is 5. The Bertz CT molecular complexity index is 516. The molecule has 0 aliphatic carbocycles. The number of hydrogen-bond acceptors (Lipinski definition) is 4. The first-order valence-electron chi connectivity index (χ1n) is 6.44. The van der Waals surface area contributed by atoms with Crippen LogP contribution >= 0.6 is 0 Å². The first-order valence-corrected chi connectivity index (χ1v) is 6.44. The third-order valence-corrected chi connectivity index (χ3v) is 3.12. The average molecular weight is 278 g/mol. The summed E-state index contributed by atoms with van der Waals surface area (Å²) in [6.45, 7) is 1.19. The van der Waals surface area contributed by atoms with Crippen molar-refractivity contribution in [1.29, 1.82) is 0 Å². The van der Waals surface area contributed by atoms with Gasteiger partial charge in [-0.1, -0.05) is 0 Å². The molecule has 0 fully saturated rings. The summed E-state index contributed by atoms with van der Waals surface area (Å²) < 4.78 is 10.2. The van der Waals surface area contributed by atoms with Crippen LogP contribution in [0.3, 0.4) is 0 Å². The van der Waals surface area contributed by atoms with E-state index in [9.17, 15) is 9.59 Å². The molecule has 1 aromatic carbocycles. The Balaban J connectivity index is 2.06. The highest BCUT2D eigenvalue weighted by molar-refractivity contribution is 6.00. The second-order valence-electron chi connectivity index (χ2n) is 4.53. The van der Waals surface area contributed by atoms with Crippen molar-refractivity contribution in [2.24, 2.45) is 0 Å². The van der Waals surface area contributed by atoms with Gasteiger partial charge in [0.2, 0.25) is 0 Å². The number of benzene rings is 1. The van der Waals surface area contributed by atoms with E-state index in [1.54, 1.807) is 32.4 Å². The molecule has 0 saturated carbocycles. The summed E-state index contributed by atoms with van der Waals surface area (Å²) in [5, 5.41) is 2.80. The predicted molar refractivity (Wildman–Crippen MR) is 74.2 cm³/mol. The molecule has 0 bridgehead atoms. The van der Waals surface area contributed by atoms with Crippen LogP contribution in [0.2, 0.25) is 0 Å². The first-order chi connectivity index (χ1) is 9.63. The normalized spacial score (nSPS) is 13.7. The van der Waals surface area contributed by atoms with E-state index in [-0.39, 0.29) is 18.4 Å². The average Bonchev–Trinajstić information content (AvgIpc) is 2.47. The van der Waals surface area contributed by atoms with Crippen molar-refractivity contribution in [2.45, 2.75) is 6.42 Å². The summed E-state index contributed by atoms with van der Waals surface area (Å²) in [5.41, 5.74) is 1.12. The van der Waals surface area contributed by atoms with Gasteiger partial charge in [0.05, 0.1) is 5.69 Å². The lowest BCUT2D eigenvalue weighted by Gasteiger charge is -2.26. The Labute approximate surface area is 117 Å². The number of nitrogens with zero attached hydrogens (tertiary/aromatic N) is 1. The topological polar surface area (TPSA) is 67.9 Å². The number of nitrogens with one attached hydrogen (secondary N) is 1. The second-order valence-corrected chi connectivity index (χ2v) is 4.53. The van der Waals surface area contributed by atoms with Crippen LogP contribution in [0.5, 0.6) is 5.75 Å². The molecule has 0 atom stereocenters. The summed E-state index contributed by atoms with van der Waals surface area (Å²) in [4.78, 5) is 25.1. The number of methoxy groups -OCH3 is 1. The van der Waals surface area contributed by atoms with Gasteiger partial charge in [-0.2, -0.15) is 0 Å². The molecule has 0 unspecified atom stereocenters. The lowest BCUT2D eigenvalue weighted by Crippen LogP contribution is -2.35. The van der Waals surface area contributed by atoms with Gasteiger partial charge in [-0.25, -0.2) is 0 Å². The SMILES string of the molecule is COCCCNC(=O)c1ccc2c(c1)N(C)C(=O)CO2. The third-order valence-electron chi connectivity index (χ3n) is 3.12. The molecule has 0 radical (unpaired) electrons. The number of carbonyl (C=O) groups excluding carboxylic acids is 2. The molecular weight excluding hydrogens is 260 g/mol. The van der Waals surface area contributed by atoms with Gasteiger partial charge in [-0.15, -0.1) is 0 Å². The number of likely N-dealkylation sites (N-methyl/N-ethyl adjacent to an activating group) is 1. The van der Waals surface area contributed by atoms with E-state index < -0.39 is 0 Å². The molecule has 6 nitrogen and oxygen atoms in total. The fourth-order valence-corrected chi connectivity index (χ4v) is 1.93. The zero-order valence-electron chi connectivity index (χ0n) is 11.6. The van der Waals surface area contributed by atoms with Crippen LogP contribution in [0.1, 0.15) is 16.8 Å². The largest absolute Gasteiger partial charge is 0.482 e. The predicted octanol–water partition coefficient (Wildman–Crippen LogP) is 0.808. The lowest BCUT2D eigenvalue weighted by molar-refractivity contribution is -0.120. The van der Waals surface area contributed by atoms with Crippen LogP contribution in [-0.4, -0.2) is 45.7 Å². The van der Waals surface area contributed by atoms with Crippen molar-refractivity contribution in [1.82, 2.24) is 5.32 Å². The van der Waals surface area contributed by atoms with E-state index in [4.69, 9.17) is 9.47 Å². The van der Waals surface area contributed by atoms with E-state index in [2.05, 4.69) is 5.32 Å². The van der Waals surface area contributed by atoms with Gasteiger partial charge in [0, 0.05) is 32.9 Å². The molecule has 1 heterocycles. The fourth-order valence-electron chi connectivity index (χ4n) is 1.93. The molecule has 0 aromatic heterocycles. The summed E-state index contributed by atoms with van der Waals surface area (Å²) in [6.07, 6.45) is 0.759. The van der Waals surface area contributed by atoms with Gasteiger partial charge in [0.15, 0.2) is 6.61 Å². The van der Waals surface area contributed by atoms with Crippen LogP contribution in [-0.2, 0) is 9.53 Å². The molecular formula is C14H18N2O4. The fraction of sp³-hybridized carbons (Fsp3) is 0.429. The molecule has 2 amide bonds. The molecule has 0 spiro atoms. The number of ether oxygens (including phenoxy) is 2. The molecule has 1 aliphatic rings. The highest BCUT2D eigenvalue weighted by atomic mass is 16.5. The van der Waals surface area contributed by atoms with Crippen molar-refractivity contribution < 1.29 is 19.1 Å². The Kier molecular flexibility index (Phi) is 4.57. The molecule has 1 aromatic rings. The lowest BCUT2D eigenvalue weighted by atomic mass is 10.1. The first kappa shape index (κ1) is 14.3. The van der Waals surface area contributed by atoms with Crippen molar-refractivity contribution in [2.75, 3.05) is 38.8 Å². The van der Waals surface area contributed by atoms with Gasteiger partial charge in [-0.3, -0.25) is 9.59 Å². The minimum absolute atomic E-state index is 0.0338. The summed E-state index contributed by atoms with van der Waals surface area (Å²) >= 11 is 0. The minimum atomic E-state index is -0.171.